The van der Waals surface area contributed by atoms with E-state index in [2.05, 4.69) is 5.32 Å². The van der Waals surface area contributed by atoms with E-state index in [-0.39, 0.29) is 18.5 Å². The summed E-state index contributed by atoms with van der Waals surface area (Å²) in [6.07, 6.45) is 2.56. The normalized spacial score (nSPS) is 13.1. The molecular weight excluding hydrogens is 509 g/mol. The van der Waals surface area contributed by atoms with E-state index in [0.29, 0.717) is 21.3 Å². The van der Waals surface area contributed by atoms with Gasteiger partial charge in [0.2, 0.25) is 21.8 Å². The van der Waals surface area contributed by atoms with Crippen molar-refractivity contribution in [1.82, 2.24) is 10.2 Å². The van der Waals surface area contributed by atoms with Gasteiger partial charge in [-0.3, -0.25) is 13.9 Å². The number of nitrogens with one attached hydrogen (secondary N) is 1. The minimum atomic E-state index is -3.79. The first kappa shape index (κ1) is 28.9. The molecule has 2 amide bonds. The molecule has 2 atom stereocenters. The van der Waals surface area contributed by atoms with Crippen LogP contribution in [0, 0.1) is 0 Å². The highest BCUT2D eigenvalue weighted by Crippen LogP contribution is 2.27. The van der Waals surface area contributed by atoms with Gasteiger partial charge in [-0.05, 0) is 56.5 Å². The first-order valence-corrected chi connectivity index (χ1v) is 14.1. The minimum absolute atomic E-state index is 0.0567. The van der Waals surface area contributed by atoms with Gasteiger partial charge in [0.15, 0.2) is 0 Å². The van der Waals surface area contributed by atoms with Crippen LogP contribution in [0.25, 0.3) is 0 Å². The van der Waals surface area contributed by atoms with Crippen LogP contribution in [0.3, 0.4) is 0 Å². The smallest absolute Gasteiger partial charge is 0.244 e. The third-order valence-corrected chi connectivity index (χ3v) is 7.72. The number of carbonyl (C=O) groups excluding carboxylic acids is 2. The highest BCUT2D eigenvalue weighted by Gasteiger charge is 2.31. The molecule has 2 aromatic rings. The van der Waals surface area contributed by atoms with E-state index >= 15 is 0 Å². The number of halogens is 2. The predicted octanol–water partition coefficient (Wildman–Crippen LogP) is 4.65. The molecule has 0 saturated heterocycles. The van der Waals surface area contributed by atoms with Gasteiger partial charge in [0.05, 0.1) is 11.9 Å². The third kappa shape index (κ3) is 7.85. The largest absolute Gasteiger partial charge is 0.352 e. The van der Waals surface area contributed by atoms with Crippen LogP contribution in [0.4, 0.5) is 5.69 Å². The number of nitrogens with zero attached hydrogens (tertiary/aromatic N) is 2. The Morgan fingerprint density at radius 2 is 1.57 bits per heavy atom. The van der Waals surface area contributed by atoms with Crippen molar-refractivity contribution in [2.45, 2.75) is 59.2 Å². The van der Waals surface area contributed by atoms with Crippen molar-refractivity contribution in [1.29, 1.82) is 0 Å². The molecule has 7 nitrogen and oxygen atoms in total. The molecule has 0 aromatic heterocycles. The Morgan fingerprint density at radius 3 is 2.06 bits per heavy atom. The number of benzene rings is 2. The number of aryl methyl sites for hydroxylation is 1. The molecule has 192 valence electrons. The Bertz CT molecular complexity index is 1120. The number of amides is 2. The zero-order valence-electron chi connectivity index (χ0n) is 20.7. The van der Waals surface area contributed by atoms with Crippen molar-refractivity contribution in [3.63, 3.8) is 0 Å². The number of rotatable bonds is 11. The Morgan fingerprint density at radius 1 is 1.00 bits per heavy atom. The van der Waals surface area contributed by atoms with Crippen molar-refractivity contribution in [3.8, 4) is 0 Å². The standard InChI is InChI=1S/C25H33Cl2N3O4S/c1-6-17(3)28-25(32)18(4)29(15-21-22(26)9-8-10-23(21)27)24(31)16-30(35(5,33)34)20-13-11-19(7-2)12-14-20/h8-14,17-18H,6-7,15-16H2,1-5H3,(H,28,32). The molecule has 10 heteroatoms. The Hall–Kier alpha value is -2.29. The minimum Gasteiger partial charge on any atom is -0.352 e. The average molecular weight is 543 g/mol. The molecule has 0 aliphatic heterocycles. The van der Waals surface area contributed by atoms with Gasteiger partial charge in [-0.15, -0.1) is 0 Å². The topological polar surface area (TPSA) is 86.8 Å². The number of anilines is 1. The number of hydrogen-bond donors (Lipinski definition) is 1. The van der Waals surface area contributed by atoms with Gasteiger partial charge in [0, 0.05) is 28.2 Å². The van der Waals surface area contributed by atoms with E-state index in [1.54, 1.807) is 37.3 Å². The van der Waals surface area contributed by atoms with Gasteiger partial charge >= 0.3 is 0 Å². The lowest BCUT2D eigenvalue weighted by atomic mass is 10.1. The van der Waals surface area contributed by atoms with Crippen LogP contribution in [0.1, 0.15) is 45.2 Å². The zero-order chi connectivity index (χ0) is 26.3. The first-order chi connectivity index (χ1) is 16.4. The molecule has 0 bridgehead atoms. The van der Waals surface area contributed by atoms with Crippen molar-refractivity contribution in [2.75, 3.05) is 17.1 Å². The third-order valence-electron chi connectivity index (χ3n) is 5.87. The molecule has 0 aliphatic rings. The monoisotopic (exact) mass is 541 g/mol. The Kier molecular flexibility index (Phi) is 10.4. The lowest BCUT2D eigenvalue weighted by Gasteiger charge is -2.32. The van der Waals surface area contributed by atoms with Crippen molar-refractivity contribution >= 4 is 50.7 Å². The fourth-order valence-electron chi connectivity index (χ4n) is 3.41. The van der Waals surface area contributed by atoms with E-state index in [1.165, 1.54) is 4.90 Å². The lowest BCUT2D eigenvalue weighted by Crippen LogP contribution is -2.52. The maximum Gasteiger partial charge on any atom is 0.244 e. The summed E-state index contributed by atoms with van der Waals surface area (Å²) < 4.78 is 26.3. The van der Waals surface area contributed by atoms with Crippen LogP contribution < -0.4 is 9.62 Å². The second-order valence-electron chi connectivity index (χ2n) is 8.51. The second-order valence-corrected chi connectivity index (χ2v) is 11.2. The molecule has 2 rings (SSSR count). The molecule has 1 N–H and O–H groups in total. The summed E-state index contributed by atoms with van der Waals surface area (Å²) >= 11 is 12.7. The van der Waals surface area contributed by atoms with E-state index in [0.717, 1.165) is 29.0 Å². The van der Waals surface area contributed by atoms with Gasteiger partial charge in [0.25, 0.3) is 0 Å². The number of carbonyl (C=O) groups is 2. The Labute approximate surface area is 218 Å². The van der Waals surface area contributed by atoms with Crippen molar-refractivity contribution in [3.05, 3.63) is 63.6 Å². The van der Waals surface area contributed by atoms with Crippen LogP contribution in [0.2, 0.25) is 10.0 Å². The van der Waals surface area contributed by atoms with Crippen molar-refractivity contribution in [2.24, 2.45) is 0 Å². The van der Waals surface area contributed by atoms with Crippen molar-refractivity contribution < 1.29 is 18.0 Å². The highest BCUT2D eigenvalue weighted by atomic mass is 35.5. The molecule has 0 spiro atoms. The molecule has 35 heavy (non-hydrogen) atoms. The van der Waals surface area contributed by atoms with Crippen LogP contribution in [0.15, 0.2) is 42.5 Å². The van der Waals surface area contributed by atoms with Gasteiger partial charge in [0.1, 0.15) is 12.6 Å². The molecule has 0 saturated carbocycles. The van der Waals surface area contributed by atoms with Crippen LogP contribution >= 0.6 is 23.2 Å². The fraction of sp³-hybridized carbons (Fsp3) is 0.440. The van der Waals surface area contributed by atoms with Gasteiger partial charge in [-0.25, -0.2) is 8.42 Å². The van der Waals surface area contributed by atoms with Crippen LogP contribution in [-0.4, -0.2) is 50.0 Å². The molecular formula is C25H33Cl2N3O4S. The summed E-state index contributed by atoms with van der Waals surface area (Å²) in [5.41, 5.74) is 1.88. The van der Waals surface area contributed by atoms with Gasteiger partial charge in [-0.2, -0.15) is 0 Å². The van der Waals surface area contributed by atoms with Crippen LogP contribution in [-0.2, 0) is 32.6 Å². The van der Waals surface area contributed by atoms with E-state index in [1.807, 2.05) is 32.9 Å². The molecule has 2 unspecified atom stereocenters. The van der Waals surface area contributed by atoms with E-state index < -0.39 is 28.5 Å². The maximum absolute atomic E-state index is 13.6. The molecule has 2 aromatic carbocycles. The summed E-state index contributed by atoms with van der Waals surface area (Å²) in [5.74, 6) is -0.910. The summed E-state index contributed by atoms with van der Waals surface area (Å²) in [6, 6.07) is 11.0. The van der Waals surface area contributed by atoms with E-state index in [4.69, 9.17) is 23.2 Å². The van der Waals surface area contributed by atoms with Crippen LogP contribution in [0.5, 0.6) is 0 Å². The Balaban J connectivity index is 2.43. The quantitative estimate of drug-likeness (QED) is 0.448. The fourth-order valence-corrected chi connectivity index (χ4v) is 4.78. The number of hydrogen-bond acceptors (Lipinski definition) is 4. The maximum atomic E-state index is 13.6. The molecule has 0 fully saturated rings. The molecule has 0 heterocycles. The molecule has 0 radical (unpaired) electrons. The summed E-state index contributed by atoms with van der Waals surface area (Å²) in [4.78, 5) is 27.8. The van der Waals surface area contributed by atoms with E-state index in [9.17, 15) is 18.0 Å². The predicted molar refractivity (Wildman–Crippen MR) is 142 cm³/mol. The molecule has 0 aliphatic carbocycles. The second kappa shape index (κ2) is 12.6. The first-order valence-electron chi connectivity index (χ1n) is 11.5. The highest BCUT2D eigenvalue weighted by molar-refractivity contribution is 7.92. The summed E-state index contributed by atoms with van der Waals surface area (Å²) in [5, 5.41) is 3.57. The average Bonchev–Trinajstić information content (AvgIpc) is 2.81. The number of sulfonamides is 1. The van der Waals surface area contributed by atoms with Gasteiger partial charge < -0.3 is 10.2 Å². The SMILES string of the molecule is CCc1ccc(N(CC(=O)N(Cc2c(Cl)cccc2Cl)C(C)C(=O)NC(C)CC)S(C)(=O)=O)cc1. The lowest BCUT2D eigenvalue weighted by molar-refractivity contribution is -0.139. The summed E-state index contributed by atoms with van der Waals surface area (Å²) in [7, 11) is -3.79. The summed E-state index contributed by atoms with van der Waals surface area (Å²) in [6.45, 7) is 6.87. The van der Waals surface area contributed by atoms with Gasteiger partial charge in [-0.1, -0.05) is 55.2 Å². The zero-order valence-corrected chi connectivity index (χ0v) is 23.0.